The van der Waals surface area contributed by atoms with Crippen LogP contribution in [0.2, 0.25) is 0 Å². The van der Waals surface area contributed by atoms with Crippen LogP contribution in [-0.4, -0.2) is 19.3 Å². The first-order valence-electron chi connectivity index (χ1n) is 5.38. The standard InChI is InChI=1S/C12H7BrN4O2/c13-9-5-14-12-15-11(7-16(12)6-9)8-2-1-3-10(4-8)17(18)19/h1-7H. The van der Waals surface area contributed by atoms with Crippen molar-refractivity contribution in [3.63, 3.8) is 0 Å². The normalized spacial score (nSPS) is 10.8. The van der Waals surface area contributed by atoms with E-state index in [1.165, 1.54) is 12.1 Å². The van der Waals surface area contributed by atoms with Crippen molar-refractivity contribution in [2.75, 3.05) is 0 Å². The van der Waals surface area contributed by atoms with Gasteiger partial charge in [0.05, 0.1) is 15.1 Å². The third kappa shape index (κ3) is 2.19. The van der Waals surface area contributed by atoms with Crippen LogP contribution in [0.4, 0.5) is 5.69 Å². The number of nitrogens with zero attached hydrogens (tertiary/aromatic N) is 4. The van der Waals surface area contributed by atoms with Crippen LogP contribution in [0.15, 0.2) is 47.3 Å². The van der Waals surface area contributed by atoms with E-state index < -0.39 is 4.92 Å². The molecule has 0 aliphatic carbocycles. The van der Waals surface area contributed by atoms with Crippen LogP contribution < -0.4 is 0 Å². The summed E-state index contributed by atoms with van der Waals surface area (Å²) in [4.78, 5) is 18.8. The summed E-state index contributed by atoms with van der Waals surface area (Å²) in [6.45, 7) is 0. The molecule has 0 unspecified atom stereocenters. The number of fused-ring (bicyclic) bond motifs is 1. The zero-order valence-electron chi connectivity index (χ0n) is 9.52. The highest BCUT2D eigenvalue weighted by Gasteiger charge is 2.10. The Kier molecular flexibility index (Phi) is 2.75. The van der Waals surface area contributed by atoms with Crippen molar-refractivity contribution in [3.05, 3.63) is 57.4 Å². The number of hydrogen-bond acceptors (Lipinski definition) is 4. The number of nitro benzene ring substituents is 1. The molecule has 0 N–H and O–H groups in total. The van der Waals surface area contributed by atoms with Gasteiger partial charge in [-0.2, -0.15) is 0 Å². The molecule has 6 nitrogen and oxygen atoms in total. The topological polar surface area (TPSA) is 73.3 Å². The summed E-state index contributed by atoms with van der Waals surface area (Å²) in [7, 11) is 0. The lowest BCUT2D eigenvalue weighted by Gasteiger charge is -1.95. The minimum atomic E-state index is -0.422. The number of imidazole rings is 1. The van der Waals surface area contributed by atoms with Crippen molar-refractivity contribution in [3.8, 4) is 11.3 Å². The number of hydrogen-bond donors (Lipinski definition) is 0. The lowest BCUT2D eigenvalue weighted by molar-refractivity contribution is -0.384. The van der Waals surface area contributed by atoms with Crippen LogP contribution in [0.1, 0.15) is 0 Å². The fourth-order valence-electron chi connectivity index (χ4n) is 1.78. The van der Waals surface area contributed by atoms with E-state index in [0.717, 1.165) is 4.47 Å². The van der Waals surface area contributed by atoms with Crippen molar-refractivity contribution in [1.82, 2.24) is 14.4 Å². The highest BCUT2D eigenvalue weighted by molar-refractivity contribution is 9.10. The predicted octanol–water partition coefficient (Wildman–Crippen LogP) is 3.07. The molecule has 0 saturated heterocycles. The summed E-state index contributed by atoms with van der Waals surface area (Å²) in [6.07, 6.45) is 5.27. The number of nitro groups is 1. The van der Waals surface area contributed by atoms with Crippen LogP contribution in [0.5, 0.6) is 0 Å². The van der Waals surface area contributed by atoms with Gasteiger partial charge >= 0.3 is 0 Å². The van der Waals surface area contributed by atoms with Gasteiger partial charge in [-0.15, -0.1) is 0 Å². The first kappa shape index (κ1) is 11.8. The Hall–Kier alpha value is -2.28. The van der Waals surface area contributed by atoms with Gasteiger partial charge in [0.1, 0.15) is 0 Å². The van der Waals surface area contributed by atoms with Crippen molar-refractivity contribution in [2.24, 2.45) is 0 Å². The van der Waals surface area contributed by atoms with Crippen molar-refractivity contribution >= 4 is 27.4 Å². The second kappa shape index (κ2) is 4.43. The van der Waals surface area contributed by atoms with Gasteiger partial charge in [0.15, 0.2) is 0 Å². The van der Waals surface area contributed by atoms with Crippen LogP contribution in [0.25, 0.3) is 17.0 Å². The number of non-ortho nitro benzene ring substituents is 1. The maximum Gasteiger partial charge on any atom is 0.270 e. The first-order chi connectivity index (χ1) is 9.13. The third-order valence-corrected chi connectivity index (χ3v) is 3.04. The van der Waals surface area contributed by atoms with Gasteiger partial charge in [0, 0.05) is 36.3 Å². The fraction of sp³-hybridized carbons (Fsp3) is 0. The summed E-state index contributed by atoms with van der Waals surface area (Å²) in [6, 6.07) is 6.37. The summed E-state index contributed by atoms with van der Waals surface area (Å²) in [5, 5.41) is 10.8. The third-order valence-electron chi connectivity index (χ3n) is 2.63. The van der Waals surface area contributed by atoms with E-state index in [1.807, 2.05) is 6.20 Å². The second-order valence-corrected chi connectivity index (χ2v) is 4.83. The maximum atomic E-state index is 10.8. The molecule has 0 fully saturated rings. The largest absolute Gasteiger partial charge is 0.289 e. The zero-order chi connectivity index (χ0) is 13.4. The number of aromatic nitrogens is 3. The Labute approximate surface area is 116 Å². The van der Waals surface area contributed by atoms with Gasteiger partial charge in [-0.05, 0) is 15.9 Å². The molecule has 0 bridgehead atoms. The van der Waals surface area contributed by atoms with E-state index in [0.29, 0.717) is 17.0 Å². The van der Waals surface area contributed by atoms with Crippen LogP contribution in [0.3, 0.4) is 0 Å². The summed E-state index contributed by atoms with van der Waals surface area (Å²) >= 11 is 3.33. The van der Waals surface area contributed by atoms with Gasteiger partial charge in [-0.25, -0.2) is 9.97 Å². The molecule has 0 aliphatic rings. The van der Waals surface area contributed by atoms with Gasteiger partial charge in [0.25, 0.3) is 5.69 Å². The highest BCUT2D eigenvalue weighted by Crippen LogP contribution is 2.23. The quantitative estimate of drug-likeness (QED) is 0.537. The Morgan fingerprint density at radius 2 is 2.16 bits per heavy atom. The molecule has 0 saturated carbocycles. The minimum Gasteiger partial charge on any atom is -0.289 e. The highest BCUT2D eigenvalue weighted by atomic mass is 79.9. The van der Waals surface area contributed by atoms with E-state index >= 15 is 0 Å². The SMILES string of the molecule is O=[N+]([O-])c1cccc(-c2cn3cc(Br)cnc3n2)c1. The van der Waals surface area contributed by atoms with Crippen molar-refractivity contribution in [1.29, 1.82) is 0 Å². The summed E-state index contributed by atoms with van der Waals surface area (Å²) in [5.41, 5.74) is 1.38. The molecule has 7 heteroatoms. The molecular weight excluding hydrogens is 312 g/mol. The Morgan fingerprint density at radius 3 is 2.95 bits per heavy atom. The zero-order valence-corrected chi connectivity index (χ0v) is 11.1. The van der Waals surface area contributed by atoms with Crippen LogP contribution >= 0.6 is 15.9 Å². The predicted molar refractivity (Wildman–Crippen MR) is 72.8 cm³/mol. The average Bonchev–Trinajstić information content (AvgIpc) is 2.81. The molecule has 3 aromatic rings. The molecule has 1 aromatic carbocycles. The molecule has 0 amide bonds. The molecule has 2 heterocycles. The maximum absolute atomic E-state index is 10.8. The van der Waals surface area contributed by atoms with E-state index in [4.69, 9.17) is 0 Å². The van der Waals surface area contributed by atoms with E-state index in [-0.39, 0.29) is 5.69 Å². The Bertz CT molecular complexity index is 784. The van der Waals surface area contributed by atoms with Gasteiger partial charge < -0.3 is 0 Å². The van der Waals surface area contributed by atoms with Crippen LogP contribution in [0, 0.1) is 10.1 Å². The smallest absolute Gasteiger partial charge is 0.270 e. The lowest BCUT2D eigenvalue weighted by Crippen LogP contribution is -1.88. The lowest BCUT2D eigenvalue weighted by atomic mass is 10.1. The second-order valence-electron chi connectivity index (χ2n) is 3.91. The summed E-state index contributed by atoms with van der Waals surface area (Å²) in [5.74, 6) is 0.546. The van der Waals surface area contributed by atoms with Crippen molar-refractivity contribution < 1.29 is 4.92 Å². The molecule has 19 heavy (non-hydrogen) atoms. The van der Waals surface area contributed by atoms with Gasteiger partial charge in [-0.3, -0.25) is 14.5 Å². The molecule has 0 radical (unpaired) electrons. The molecule has 0 aliphatic heterocycles. The van der Waals surface area contributed by atoms with E-state index in [9.17, 15) is 10.1 Å². The average molecular weight is 319 g/mol. The summed E-state index contributed by atoms with van der Waals surface area (Å²) < 4.78 is 2.60. The van der Waals surface area contributed by atoms with Crippen molar-refractivity contribution in [2.45, 2.75) is 0 Å². The molecule has 2 aromatic heterocycles. The van der Waals surface area contributed by atoms with Gasteiger partial charge in [0.2, 0.25) is 5.78 Å². The van der Waals surface area contributed by atoms with Crippen LogP contribution in [-0.2, 0) is 0 Å². The number of rotatable bonds is 2. The van der Waals surface area contributed by atoms with Gasteiger partial charge in [-0.1, -0.05) is 12.1 Å². The fourth-order valence-corrected chi connectivity index (χ4v) is 2.10. The molecule has 0 atom stereocenters. The molecule has 94 valence electrons. The number of halogens is 1. The molecule has 0 spiro atoms. The Morgan fingerprint density at radius 1 is 1.32 bits per heavy atom. The van der Waals surface area contributed by atoms with E-state index in [2.05, 4.69) is 25.9 Å². The molecule has 3 rings (SSSR count). The van der Waals surface area contributed by atoms with E-state index in [1.54, 1.807) is 28.9 Å². The monoisotopic (exact) mass is 318 g/mol. The molecular formula is C12H7BrN4O2. The minimum absolute atomic E-state index is 0.0451. The Balaban J connectivity index is 2.13. The number of benzene rings is 1. The first-order valence-corrected chi connectivity index (χ1v) is 6.18.